The van der Waals surface area contributed by atoms with Crippen LogP contribution in [0.4, 0.5) is 36.4 Å². The number of carbonyl (C=O) groups excluding carboxylic acids is 1. The zero-order valence-electron chi connectivity index (χ0n) is 29.8. The lowest BCUT2D eigenvalue weighted by Gasteiger charge is -2.32. The molecule has 0 aromatic heterocycles. The molecule has 9 N–H and O–H groups in total. The van der Waals surface area contributed by atoms with Crippen molar-refractivity contribution in [2.75, 3.05) is 5.32 Å². The molecule has 1 aliphatic heterocycles. The third-order valence-electron chi connectivity index (χ3n) is 7.72. The van der Waals surface area contributed by atoms with Gasteiger partial charge >= 0.3 is 24.3 Å². The number of rotatable bonds is 10. The first-order valence-electron chi connectivity index (χ1n) is 16.4. The monoisotopic (exact) mass is 794 g/mol. The minimum atomic E-state index is -5.08. The standard InChI is InChI=1S/C33H35FN6O2.2C2HF3O2/c1-4-20-16-26(30(34)29(17-20)42-19(2)3)33(38-22-14-12-21(13-15-22)31(35)36)40-18-27-24(10-7-11-28(27)39-40)23-8-5-6-9-25(23)32(37)41;2*3-2(4,5)1(6)7/h5-19,28,33,38-39H,4H2,1-3H3,(H3,35,36)(H2,37,41);2*(H,6,7). The highest BCUT2D eigenvalue weighted by molar-refractivity contribution is 6.01. The number of carboxylic acid groups (broad SMARTS) is 2. The van der Waals surface area contributed by atoms with Gasteiger partial charge in [0.05, 0.1) is 12.1 Å². The summed E-state index contributed by atoms with van der Waals surface area (Å²) in [5.41, 5.74) is 20.4. The normalized spacial score (nSPS) is 15.2. The van der Waals surface area contributed by atoms with Gasteiger partial charge in [0.2, 0.25) is 5.91 Å². The number of amides is 1. The van der Waals surface area contributed by atoms with Crippen LogP contribution in [0, 0.1) is 11.2 Å². The molecule has 0 spiro atoms. The molecule has 0 fully saturated rings. The number of fused-ring (bicyclic) bond motifs is 1. The van der Waals surface area contributed by atoms with Crippen molar-refractivity contribution in [2.45, 2.75) is 57.9 Å². The maximum atomic E-state index is 16.2. The van der Waals surface area contributed by atoms with Gasteiger partial charge in [-0.25, -0.2) is 19.4 Å². The molecule has 0 radical (unpaired) electrons. The number of primary amides is 1. The molecular formula is C37H37F7N6O6. The number of hydrogen-bond donors (Lipinski definition) is 7. The van der Waals surface area contributed by atoms with Crippen molar-refractivity contribution in [3.8, 4) is 5.75 Å². The fraction of sp³-hybridized carbons (Fsp3) is 0.243. The van der Waals surface area contributed by atoms with Crippen LogP contribution in [0.25, 0.3) is 5.57 Å². The number of nitrogen functional groups attached to an aromatic ring is 1. The number of carboxylic acids is 2. The maximum absolute atomic E-state index is 16.2. The third kappa shape index (κ3) is 11.6. The Kier molecular flexibility index (Phi) is 14.4. The summed E-state index contributed by atoms with van der Waals surface area (Å²) in [5, 5.41) is 27.3. The van der Waals surface area contributed by atoms with E-state index in [0.717, 1.165) is 22.3 Å². The quantitative estimate of drug-likeness (QED) is 0.0661. The largest absolute Gasteiger partial charge is 0.490 e. The molecule has 0 saturated heterocycles. The second-order valence-electron chi connectivity index (χ2n) is 12.1. The predicted molar refractivity (Wildman–Crippen MR) is 192 cm³/mol. The molecule has 3 aromatic rings. The number of ether oxygens (including phenoxy) is 1. The Morgan fingerprint density at radius 2 is 1.54 bits per heavy atom. The SMILES string of the molecule is CCc1cc(OC(C)C)c(F)c(C(Nc2ccc(C(=N)N)cc2)N2C=C3C(c4ccccc4C(N)=O)=CC=CC3N2)c1.O=C(O)C(F)(F)F.O=C(O)C(F)(F)F. The van der Waals surface area contributed by atoms with Gasteiger partial charge in [-0.05, 0) is 79.4 Å². The molecule has 1 aliphatic carbocycles. The van der Waals surface area contributed by atoms with Crippen LogP contribution < -0.4 is 26.9 Å². The number of hydrazine groups is 1. The molecule has 12 nitrogen and oxygen atoms in total. The van der Waals surface area contributed by atoms with E-state index in [4.69, 9.17) is 41.4 Å². The van der Waals surface area contributed by atoms with E-state index in [1.165, 1.54) is 0 Å². The number of carbonyl (C=O) groups is 3. The Morgan fingerprint density at radius 1 is 0.964 bits per heavy atom. The zero-order chi connectivity index (χ0) is 42.1. The number of amidine groups is 1. The zero-order valence-corrected chi connectivity index (χ0v) is 29.8. The maximum Gasteiger partial charge on any atom is 0.490 e. The second kappa shape index (κ2) is 18.3. The van der Waals surface area contributed by atoms with Gasteiger partial charge in [0.15, 0.2) is 11.6 Å². The molecule has 2 atom stereocenters. The van der Waals surface area contributed by atoms with E-state index in [1.54, 1.807) is 42.5 Å². The van der Waals surface area contributed by atoms with Crippen molar-refractivity contribution in [3.63, 3.8) is 0 Å². The number of nitrogens with two attached hydrogens (primary N) is 2. The first kappa shape index (κ1) is 44.0. The highest BCUT2D eigenvalue weighted by Gasteiger charge is 2.39. The van der Waals surface area contributed by atoms with E-state index in [-0.39, 0.29) is 23.7 Å². The Morgan fingerprint density at radius 3 is 2.04 bits per heavy atom. The Hall–Kier alpha value is -6.37. The van der Waals surface area contributed by atoms with E-state index >= 15 is 4.39 Å². The van der Waals surface area contributed by atoms with Gasteiger partial charge in [-0.3, -0.25) is 15.2 Å². The van der Waals surface area contributed by atoms with Gasteiger partial charge < -0.3 is 31.7 Å². The van der Waals surface area contributed by atoms with Crippen LogP contribution in [0.1, 0.15) is 59.5 Å². The number of allylic oxidation sites excluding steroid dienone is 2. The molecule has 56 heavy (non-hydrogen) atoms. The first-order chi connectivity index (χ1) is 26.0. The van der Waals surface area contributed by atoms with Gasteiger partial charge in [-0.1, -0.05) is 43.4 Å². The van der Waals surface area contributed by atoms with Crippen LogP contribution >= 0.6 is 0 Å². The third-order valence-corrected chi connectivity index (χ3v) is 7.72. The van der Waals surface area contributed by atoms with Crippen LogP contribution in [-0.4, -0.2) is 63.4 Å². The van der Waals surface area contributed by atoms with Crippen molar-refractivity contribution in [3.05, 3.63) is 124 Å². The van der Waals surface area contributed by atoms with Crippen LogP contribution in [-0.2, 0) is 16.0 Å². The van der Waals surface area contributed by atoms with E-state index in [9.17, 15) is 31.1 Å². The van der Waals surface area contributed by atoms with Crippen LogP contribution in [0.2, 0.25) is 0 Å². The summed E-state index contributed by atoms with van der Waals surface area (Å²) in [6, 6.07) is 17.7. The predicted octanol–water partition coefficient (Wildman–Crippen LogP) is 6.66. The van der Waals surface area contributed by atoms with Gasteiger partial charge in [0.1, 0.15) is 12.0 Å². The minimum absolute atomic E-state index is 0.0346. The Bertz CT molecular complexity index is 2000. The van der Waals surface area contributed by atoms with Crippen molar-refractivity contribution >= 4 is 34.9 Å². The molecule has 0 saturated carbocycles. The van der Waals surface area contributed by atoms with Gasteiger partial charge in [-0.2, -0.15) is 26.3 Å². The topological polar surface area (TPSA) is 204 Å². The van der Waals surface area contributed by atoms with Gasteiger partial charge in [0, 0.05) is 34.2 Å². The molecule has 0 bridgehead atoms. The van der Waals surface area contributed by atoms with E-state index in [2.05, 4.69) is 10.7 Å². The molecule has 2 unspecified atom stereocenters. The van der Waals surface area contributed by atoms with Crippen LogP contribution in [0.3, 0.4) is 0 Å². The molecule has 1 heterocycles. The van der Waals surface area contributed by atoms with Gasteiger partial charge in [-0.15, -0.1) is 0 Å². The first-order valence-corrected chi connectivity index (χ1v) is 16.4. The lowest BCUT2D eigenvalue weighted by atomic mass is 9.87. The highest BCUT2D eigenvalue weighted by atomic mass is 19.4. The average Bonchev–Trinajstić information content (AvgIpc) is 3.56. The van der Waals surface area contributed by atoms with E-state index in [1.807, 2.05) is 68.4 Å². The highest BCUT2D eigenvalue weighted by Crippen LogP contribution is 2.39. The molecule has 19 heteroatoms. The number of anilines is 1. The average molecular weight is 795 g/mol. The fourth-order valence-corrected chi connectivity index (χ4v) is 5.19. The Balaban J connectivity index is 0.000000512. The lowest BCUT2D eigenvalue weighted by molar-refractivity contribution is -0.193. The van der Waals surface area contributed by atoms with Crippen molar-refractivity contribution in [1.29, 1.82) is 5.41 Å². The number of halogens is 7. The smallest absolute Gasteiger partial charge is 0.488 e. The number of aliphatic carboxylic acids is 2. The summed E-state index contributed by atoms with van der Waals surface area (Å²) in [7, 11) is 0. The Labute approximate surface area is 315 Å². The number of nitrogens with one attached hydrogen (secondary N) is 3. The minimum Gasteiger partial charge on any atom is -0.488 e. The molecule has 2 aliphatic rings. The summed E-state index contributed by atoms with van der Waals surface area (Å²) in [6.45, 7) is 5.75. The fourth-order valence-electron chi connectivity index (χ4n) is 5.19. The number of hydrogen-bond acceptors (Lipinski definition) is 8. The summed E-state index contributed by atoms with van der Waals surface area (Å²) in [4.78, 5) is 30.0. The van der Waals surface area contributed by atoms with Crippen molar-refractivity contribution in [2.24, 2.45) is 11.5 Å². The second-order valence-corrected chi connectivity index (χ2v) is 12.1. The number of nitrogens with zero attached hydrogens (tertiary/aromatic N) is 1. The molecule has 300 valence electrons. The number of aryl methyl sites for hydroxylation is 1. The number of alkyl halides is 6. The van der Waals surface area contributed by atoms with Crippen LogP contribution in [0.5, 0.6) is 5.75 Å². The summed E-state index contributed by atoms with van der Waals surface area (Å²) in [6.07, 6.45) is -2.56. The van der Waals surface area contributed by atoms with Crippen molar-refractivity contribution < 1.29 is 60.1 Å². The molecule has 1 amide bonds. The lowest BCUT2D eigenvalue weighted by Crippen LogP contribution is -2.41. The van der Waals surface area contributed by atoms with Crippen LogP contribution in [0.15, 0.2) is 90.7 Å². The van der Waals surface area contributed by atoms with E-state index < -0.39 is 42.2 Å². The van der Waals surface area contributed by atoms with Gasteiger partial charge in [0.25, 0.3) is 0 Å². The van der Waals surface area contributed by atoms with E-state index in [0.29, 0.717) is 28.8 Å². The molecular weight excluding hydrogens is 757 g/mol. The summed E-state index contributed by atoms with van der Waals surface area (Å²) in [5.74, 6) is -6.32. The van der Waals surface area contributed by atoms with Crippen molar-refractivity contribution in [1.82, 2.24) is 10.4 Å². The molecule has 5 rings (SSSR count). The summed E-state index contributed by atoms with van der Waals surface area (Å²) < 4.78 is 85.6. The summed E-state index contributed by atoms with van der Waals surface area (Å²) >= 11 is 0. The molecule has 3 aromatic carbocycles. The number of benzene rings is 3.